The predicted octanol–water partition coefficient (Wildman–Crippen LogP) is 4.52. The maximum Gasteiger partial charge on any atom is 0.216 e. The summed E-state index contributed by atoms with van der Waals surface area (Å²) in [5.41, 5.74) is 0.902. The molecule has 0 atom stereocenters. The molecule has 0 amide bonds. The number of nitrogens with zero attached hydrogens (tertiary/aromatic N) is 3. The summed E-state index contributed by atoms with van der Waals surface area (Å²) in [5.74, 6) is 2.78. The first-order valence-corrected chi connectivity index (χ1v) is 8.54. The zero-order valence-corrected chi connectivity index (χ0v) is 15.4. The first-order chi connectivity index (χ1) is 12.1. The highest BCUT2D eigenvalue weighted by Gasteiger charge is 2.06. The van der Waals surface area contributed by atoms with Crippen molar-refractivity contribution < 1.29 is 9.15 Å². The van der Waals surface area contributed by atoms with E-state index >= 15 is 0 Å². The summed E-state index contributed by atoms with van der Waals surface area (Å²) in [6, 6.07) is 9.22. The van der Waals surface area contributed by atoms with Crippen LogP contribution in [0.5, 0.6) is 5.75 Å². The molecule has 1 aromatic carbocycles. The molecule has 0 saturated carbocycles. The van der Waals surface area contributed by atoms with Gasteiger partial charge in [0.25, 0.3) is 0 Å². The van der Waals surface area contributed by atoms with E-state index in [0.29, 0.717) is 27.9 Å². The van der Waals surface area contributed by atoms with Crippen LogP contribution in [0.25, 0.3) is 0 Å². The van der Waals surface area contributed by atoms with Gasteiger partial charge in [-0.1, -0.05) is 24.6 Å². The zero-order valence-electron chi connectivity index (χ0n) is 13.8. The molecule has 0 saturated heterocycles. The lowest BCUT2D eigenvalue weighted by Crippen LogP contribution is -1.97. The second-order valence-corrected chi connectivity index (χ2v) is 6.10. The molecule has 3 rings (SSSR count). The molecule has 0 aliphatic carbocycles. The number of nitrogens with one attached hydrogen (secondary N) is 1. The third kappa shape index (κ3) is 4.00. The number of hydrogen-bond acceptors (Lipinski definition) is 5. The van der Waals surface area contributed by atoms with E-state index in [-0.39, 0.29) is 0 Å². The van der Waals surface area contributed by atoms with Crippen molar-refractivity contribution in [3.05, 3.63) is 63.0 Å². The van der Waals surface area contributed by atoms with Crippen LogP contribution in [0.15, 0.2) is 39.9 Å². The number of furan rings is 1. The molecule has 2 aromatic heterocycles. The number of aromatic amines is 1. The van der Waals surface area contributed by atoms with Gasteiger partial charge >= 0.3 is 0 Å². The number of aromatic nitrogens is 3. The van der Waals surface area contributed by atoms with Gasteiger partial charge in [-0.3, -0.25) is 5.10 Å². The number of aryl methyl sites for hydroxylation is 1. The molecule has 0 fully saturated rings. The van der Waals surface area contributed by atoms with Crippen LogP contribution in [0.3, 0.4) is 0 Å². The Morgan fingerprint density at radius 1 is 1.40 bits per heavy atom. The van der Waals surface area contributed by atoms with Gasteiger partial charge in [-0.05, 0) is 43.4 Å². The van der Waals surface area contributed by atoms with Crippen molar-refractivity contribution in [2.24, 2.45) is 5.10 Å². The maximum absolute atomic E-state index is 6.09. The highest BCUT2D eigenvalue weighted by Crippen LogP contribution is 2.25. The summed E-state index contributed by atoms with van der Waals surface area (Å²) in [7, 11) is 0. The maximum atomic E-state index is 6.09. The molecular weight excluding hydrogens is 360 g/mol. The lowest BCUT2D eigenvalue weighted by molar-refractivity contribution is 0.268. The Labute approximate surface area is 155 Å². The minimum absolute atomic E-state index is 0.306. The first kappa shape index (κ1) is 17.4. The molecule has 0 aliphatic heterocycles. The van der Waals surface area contributed by atoms with Gasteiger partial charge in [0.15, 0.2) is 5.82 Å². The Balaban J connectivity index is 1.68. The van der Waals surface area contributed by atoms with Crippen molar-refractivity contribution in [3.63, 3.8) is 0 Å². The molecule has 2 heterocycles. The summed E-state index contributed by atoms with van der Waals surface area (Å²) < 4.78 is 13.5. The lowest BCUT2D eigenvalue weighted by Gasteiger charge is -2.08. The molecule has 8 heteroatoms. The zero-order chi connectivity index (χ0) is 17.8. The number of hydrogen-bond donors (Lipinski definition) is 1. The van der Waals surface area contributed by atoms with E-state index in [0.717, 1.165) is 23.6 Å². The van der Waals surface area contributed by atoms with Gasteiger partial charge in [0.2, 0.25) is 4.77 Å². The SMILES string of the molecule is CCc1n[nH]c(=S)n1/N=C/c1ccc(COc2cccc(Cl)c2C)o1. The van der Waals surface area contributed by atoms with E-state index in [1.54, 1.807) is 10.9 Å². The topological polar surface area (TPSA) is 68.3 Å². The molecule has 6 nitrogen and oxygen atoms in total. The standard InChI is InChI=1S/C17H17ClN4O2S/c1-3-16-20-21-17(25)22(16)19-9-12-7-8-13(24-12)10-23-15-6-4-5-14(18)11(15)2/h4-9H,3,10H2,1-2H3,(H,21,25)/b19-9+. The number of halogens is 1. The Kier molecular flexibility index (Phi) is 5.35. The smallest absolute Gasteiger partial charge is 0.216 e. The van der Waals surface area contributed by atoms with Crippen LogP contribution in [0.1, 0.15) is 29.8 Å². The molecule has 0 aliphatic rings. The Morgan fingerprint density at radius 2 is 2.24 bits per heavy atom. The van der Waals surface area contributed by atoms with Crippen molar-refractivity contribution in [2.45, 2.75) is 26.9 Å². The summed E-state index contributed by atoms with van der Waals surface area (Å²) >= 11 is 11.2. The minimum Gasteiger partial charge on any atom is -0.485 e. The van der Waals surface area contributed by atoms with Crippen LogP contribution in [0.4, 0.5) is 0 Å². The molecule has 0 bridgehead atoms. The molecule has 0 radical (unpaired) electrons. The monoisotopic (exact) mass is 376 g/mol. The van der Waals surface area contributed by atoms with Crippen LogP contribution in [0, 0.1) is 11.7 Å². The van der Waals surface area contributed by atoms with Crippen LogP contribution in [-0.4, -0.2) is 21.1 Å². The molecule has 25 heavy (non-hydrogen) atoms. The minimum atomic E-state index is 0.306. The molecule has 1 N–H and O–H groups in total. The second kappa shape index (κ2) is 7.67. The average Bonchev–Trinajstić information content (AvgIpc) is 3.20. The average molecular weight is 377 g/mol. The van der Waals surface area contributed by atoms with E-state index in [9.17, 15) is 0 Å². The van der Waals surface area contributed by atoms with Crippen LogP contribution >= 0.6 is 23.8 Å². The highest BCUT2D eigenvalue weighted by molar-refractivity contribution is 7.71. The van der Waals surface area contributed by atoms with Gasteiger partial charge in [-0.25, -0.2) is 0 Å². The molecule has 0 unspecified atom stereocenters. The fraction of sp³-hybridized carbons (Fsp3) is 0.235. The van der Waals surface area contributed by atoms with Crippen LogP contribution in [0.2, 0.25) is 5.02 Å². The van der Waals surface area contributed by atoms with Crippen molar-refractivity contribution >= 4 is 30.0 Å². The third-order valence-electron chi connectivity index (χ3n) is 3.60. The first-order valence-electron chi connectivity index (χ1n) is 7.75. The molecule has 130 valence electrons. The van der Waals surface area contributed by atoms with E-state index in [4.69, 9.17) is 33.0 Å². The Hall–Kier alpha value is -2.38. The third-order valence-corrected chi connectivity index (χ3v) is 4.28. The summed E-state index contributed by atoms with van der Waals surface area (Å²) in [6.07, 6.45) is 2.32. The predicted molar refractivity (Wildman–Crippen MR) is 99.0 cm³/mol. The van der Waals surface area contributed by atoms with E-state index in [2.05, 4.69) is 15.3 Å². The van der Waals surface area contributed by atoms with Crippen LogP contribution < -0.4 is 4.74 Å². The normalized spacial score (nSPS) is 11.3. The highest BCUT2D eigenvalue weighted by atomic mass is 35.5. The number of ether oxygens (including phenoxy) is 1. The summed E-state index contributed by atoms with van der Waals surface area (Å²) in [4.78, 5) is 0. The fourth-order valence-electron chi connectivity index (χ4n) is 2.22. The Morgan fingerprint density at radius 3 is 3.04 bits per heavy atom. The van der Waals surface area contributed by atoms with Gasteiger partial charge in [-0.15, -0.1) is 0 Å². The number of H-pyrrole nitrogens is 1. The van der Waals surface area contributed by atoms with E-state index in [1.807, 2.05) is 44.2 Å². The van der Waals surface area contributed by atoms with E-state index in [1.165, 1.54) is 0 Å². The lowest BCUT2D eigenvalue weighted by atomic mass is 10.2. The van der Waals surface area contributed by atoms with Gasteiger partial charge < -0.3 is 9.15 Å². The van der Waals surface area contributed by atoms with Crippen molar-refractivity contribution in [1.29, 1.82) is 0 Å². The van der Waals surface area contributed by atoms with Crippen molar-refractivity contribution in [1.82, 2.24) is 14.9 Å². The molecular formula is C17H17ClN4O2S. The number of rotatable bonds is 6. The van der Waals surface area contributed by atoms with Gasteiger partial charge in [0, 0.05) is 17.0 Å². The summed E-state index contributed by atoms with van der Waals surface area (Å²) in [5, 5.41) is 11.8. The van der Waals surface area contributed by atoms with Crippen molar-refractivity contribution in [3.8, 4) is 5.75 Å². The van der Waals surface area contributed by atoms with Crippen LogP contribution in [-0.2, 0) is 13.0 Å². The molecule has 0 spiro atoms. The van der Waals surface area contributed by atoms with Gasteiger partial charge in [0.1, 0.15) is 23.9 Å². The quantitative estimate of drug-likeness (QED) is 0.507. The molecule has 3 aromatic rings. The number of benzene rings is 1. The largest absolute Gasteiger partial charge is 0.485 e. The van der Waals surface area contributed by atoms with E-state index < -0.39 is 0 Å². The van der Waals surface area contributed by atoms with Crippen molar-refractivity contribution in [2.75, 3.05) is 0 Å². The van der Waals surface area contributed by atoms with Gasteiger partial charge in [0.05, 0.1) is 6.21 Å². The second-order valence-electron chi connectivity index (χ2n) is 5.31. The fourth-order valence-corrected chi connectivity index (χ4v) is 2.59. The Bertz CT molecular complexity index is 958. The van der Waals surface area contributed by atoms with Gasteiger partial charge in [-0.2, -0.15) is 14.9 Å². The summed E-state index contributed by atoms with van der Waals surface area (Å²) in [6.45, 7) is 4.20.